The number of carbonyl (C=O) groups is 1. The van der Waals surface area contributed by atoms with Gasteiger partial charge in [-0.1, -0.05) is 35.2 Å². The molecular weight excluding hydrogens is 582 g/mol. The van der Waals surface area contributed by atoms with E-state index in [1.165, 1.54) is 25.1 Å². The van der Waals surface area contributed by atoms with Crippen LogP contribution in [0, 0.1) is 0 Å². The van der Waals surface area contributed by atoms with Gasteiger partial charge in [0.15, 0.2) is 17.6 Å². The van der Waals surface area contributed by atoms with Crippen molar-refractivity contribution in [1.29, 1.82) is 0 Å². The van der Waals surface area contributed by atoms with Crippen LogP contribution in [0.15, 0.2) is 49.2 Å². The molecule has 2 aromatic carbocycles. The fourth-order valence-electron chi connectivity index (χ4n) is 4.16. The number of aromatic nitrogens is 2. The van der Waals surface area contributed by atoms with Crippen LogP contribution < -0.4 is 15.0 Å². The molecule has 0 saturated heterocycles. The van der Waals surface area contributed by atoms with E-state index < -0.39 is 12.1 Å². The van der Waals surface area contributed by atoms with Crippen LogP contribution >= 0.6 is 31.9 Å². The van der Waals surface area contributed by atoms with E-state index in [9.17, 15) is 9.59 Å². The van der Waals surface area contributed by atoms with Gasteiger partial charge in [-0.25, -0.2) is 9.78 Å². The monoisotopic (exact) mass is 605 g/mol. The number of nitrogens with zero attached hydrogens (tertiary/aromatic N) is 3. The molecule has 3 aromatic rings. The third kappa shape index (κ3) is 5.59. The highest BCUT2D eigenvalue weighted by Crippen LogP contribution is 2.34. The number of benzene rings is 2. The Labute approximate surface area is 219 Å². The lowest BCUT2D eigenvalue weighted by atomic mass is 9.88. The van der Waals surface area contributed by atoms with E-state index in [-0.39, 0.29) is 17.2 Å². The molecule has 10 heteroatoms. The maximum atomic E-state index is 13.5. The molecule has 1 heterocycles. The summed E-state index contributed by atoms with van der Waals surface area (Å²) in [5.41, 5.74) is 1.06. The minimum absolute atomic E-state index is 0.160. The molecule has 1 saturated carbocycles. The zero-order valence-corrected chi connectivity index (χ0v) is 22.5. The zero-order valence-electron chi connectivity index (χ0n) is 19.3. The average Bonchev–Trinajstić information content (AvgIpc) is 2.85. The van der Waals surface area contributed by atoms with Gasteiger partial charge in [0, 0.05) is 20.4 Å². The average molecular weight is 607 g/mol. The zero-order chi connectivity index (χ0) is 25.1. The first-order chi connectivity index (χ1) is 16.8. The minimum atomic E-state index is -1.08. The first kappa shape index (κ1) is 25.4. The molecule has 0 radical (unpaired) electrons. The number of carboxylic acids is 1. The number of hydrogen-bond donors (Lipinski definition) is 1. The Kier molecular flexibility index (Phi) is 7.91. The molecule has 4 rings (SSSR count). The van der Waals surface area contributed by atoms with Gasteiger partial charge in [0.2, 0.25) is 0 Å². The van der Waals surface area contributed by atoms with Gasteiger partial charge in [-0.3, -0.25) is 4.79 Å². The minimum Gasteiger partial charge on any atom is -0.493 e. The first-order valence-corrected chi connectivity index (χ1v) is 12.9. The molecule has 1 atom stereocenters. The molecular formula is C25H25Br2N3O5. The Bertz CT molecular complexity index is 1350. The molecule has 8 nitrogen and oxygen atoms in total. The molecule has 35 heavy (non-hydrogen) atoms. The van der Waals surface area contributed by atoms with Gasteiger partial charge in [-0.05, 0) is 66.0 Å². The standard InChI is InChI=1S/C25H25Br2N3O5/c1-14(25(32)33)35-22-12-19(27)16(10-21(22)34-2)13-28-30-23(15-6-4-3-5-7-15)29-20-9-8-17(26)11-18(20)24(30)31/h8-15H,3-7H2,1-2H3,(H,32,33)/t14-/m1/s1. The number of aliphatic carboxylic acids is 1. The van der Waals surface area contributed by atoms with E-state index in [0.717, 1.165) is 30.2 Å². The molecule has 1 aliphatic rings. The predicted molar refractivity (Wildman–Crippen MR) is 141 cm³/mol. The molecule has 0 spiro atoms. The number of fused-ring (bicyclic) bond motifs is 1. The van der Waals surface area contributed by atoms with Crippen molar-refractivity contribution in [1.82, 2.24) is 9.66 Å². The van der Waals surface area contributed by atoms with Crippen molar-refractivity contribution in [3.05, 3.63) is 61.0 Å². The van der Waals surface area contributed by atoms with Gasteiger partial charge >= 0.3 is 5.97 Å². The molecule has 1 fully saturated rings. The third-order valence-electron chi connectivity index (χ3n) is 6.05. The number of hydrogen-bond acceptors (Lipinski definition) is 6. The Morgan fingerprint density at radius 1 is 1.20 bits per heavy atom. The Morgan fingerprint density at radius 2 is 1.94 bits per heavy atom. The van der Waals surface area contributed by atoms with Crippen LogP contribution in [-0.4, -0.2) is 40.2 Å². The Balaban J connectivity index is 1.79. The van der Waals surface area contributed by atoms with E-state index >= 15 is 0 Å². The van der Waals surface area contributed by atoms with Gasteiger partial charge < -0.3 is 14.6 Å². The van der Waals surface area contributed by atoms with E-state index in [2.05, 4.69) is 37.0 Å². The van der Waals surface area contributed by atoms with E-state index in [1.54, 1.807) is 24.4 Å². The molecule has 0 aliphatic heterocycles. The summed E-state index contributed by atoms with van der Waals surface area (Å²) >= 11 is 6.93. The quantitative estimate of drug-likeness (QED) is 0.346. The molecule has 1 N–H and O–H groups in total. The summed E-state index contributed by atoms with van der Waals surface area (Å²) in [6, 6.07) is 8.79. The summed E-state index contributed by atoms with van der Waals surface area (Å²) in [4.78, 5) is 29.5. The molecule has 0 unspecified atom stereocenters. The summed E-state index contributed by atoms with van der Waals surface area (Å²) in [5.74, 6) is 0.373. The van der Waals surface area contributed by atoms with Crippen LogP contribution in [0.25, 0.3) is 10.9 Å². The van der Waals surface area contributed by atoms with Crippen LogP contribution in [0.1, 0.15) is 56.3 Å². The van der Waals surface area contributed by atoms with Crippen molar-refractivity contribution in [2.45, 2.75) is 51.0 Å². The highest BCUT2D eigenvalue weighted by molar-refractivity contribution is 9.10. The Hall–Kier alpha value is -2.72. The molecule has 184 valence electrons. The van der Waals surface area contributed by atoms with Crippen LogP contribution in [-0.2, 0) is 4.79 Å². The lowest BCUT2D eigenvalue weighted by Gasteiger charge is -2.22. The molecule has 0 bridgehead atoms. The van der Waals surface area contributed by atoms with Gasteiger partial charge in [0.1, 0.15) is 5.82 Å². The second kappa shape index (κ2) is 10.9. The van der Waals surface area contributed by atoms with Crippen molar-refractivity contribution < 1.29 is 19.4 Å². The highest BCUT2D eigenvalue weighted by atomic mass is 79.9. The fraction of sp³-hybridized carbons (Fsp3) is 0.360. The number of halogens is 2. The van der Waals surface area contributed by atoms with Gasteiger partial charge in [0.25, 0.3) is 5.56 Å². The van der Waals surface area contributed by atoms with Crippen molar-refractivity contribution in [3.8, 4) is 11.5 Å². The summed E-state index contributed by atoms with van der Waals surface area (Å²) in [6.45, 7) is 1.44. The van der Waals surface area contributed by atoms with Crippen molar-refractivity contribution >= 4 is 54.9 Å². The van der Waals surface area contributed by atoms with E-state index in [0.29, 0.717) is 32.5 Å². The first-order valence-electron chi connectivity index (χ1n) is 11.3. The largest absolute Gasteiger partial charge is 0.493 e. The van der Waals surface area contributed by atoms with Crippen LogP contribution in [0.5, 0.6) is 11.5 Å². The second-order valence-electron chi connectivity index (χ2n) is 8.45. The van der Waals surface area contributed by atoms with E-state index in [1.807, 2.05) is 12.1 Å². The SMILES string of the molecule is COc1cc(C=Nn2c(C3CCCCC3)nc3ccc(Br)cc3c2=O)c(Br)cc1O[C@H](C)C(=O)O. The van der Waals surface area contributed by atoms with Crippen LogP contribution in [0.4, 0.5) is 0 Å². The lowest BCUT2D eigenvalue weighted by molar-refractivity contribution is -0.144. The number of methoxy groups -OCH3 is 1. The van der Waals surface area contributed by atoms with Crippen LogP contribution in [0.2, 0.25) is 0 Å². The fourth-order valence-corrected chi connectivity index (χ4v) is 4.95. The van der Waals surface area contributed by atoms with Gasteiger partial charge in [0.05, 0.1) is 24.2 Å². The summed E-state index contributed by atoms with van der Waals surface area (Å²) in [5, 5.41) is 14.2. The molecule has 1 aliphatic carbocycles. The van der Waals surface area contributed by atoms with Gasteiger partial charge in [-0.15, -0.1) is 0 Å². The Morgan fingerprint density at radius 3 is 2.63 bits per heavy atom. The normalized spacial score (nSPS) is 15.4. The topological polar surface area (TPSA) is 103 Å². The van der Waals surface area contributed by atoms with Crippen LogP contribution in [0.3, 0.4) is 0 Å². The predicted octanol–water partition coefficient (Wildman–Crippen LogP) is 5.71. The summed E-state index contributed by atoms with van der Waals surface area (Å²) in [6.07, 6.45) is 5.84. The number of rotatable bonds is 7. The smallest absolute Gasteiger partial charge is 0.344 e. The van der Waals surface area contributed by atoms with Crippen molar-refractivity contribution in [2.24, 2.45) is 5.10 Å². The summed E-state index contributed by atoms with van der Waals surface area (Å²) in [7, 11) is 1.47. The number of carboxylic acid groups (broad SMARTS) is 1. The maximum Gasteiger partial charge on any atom is 0.344 e. The third-order valence-corrected chi connectivity index (χ3v) is 7.23. The molecule has 0 amide bonds. The highest BCUT2D eigenvalue weighted by Gasteiger charge is 2.23. The van der Waals surface area contributed by atoms with Crippen molar-refractivity contribution in [2.75, 3.05) is 7.11 Å². The lowest BCUT2D eigenvalue weighted by Crippen LogP contribution is -2.25. The number of ether oxygens (including phenoxy) is 2. The van der Waals surface area contributed by atoms with E-state index in [4.69, 9.17) is 19.6 Å². The second-order valence-corrected chi connectivity index (χ2v) is 10.2. The maximum absolute atomic E-state index is 13.5. The molecule has 1 aromatic heterocycles. The summed E-state index contributed by atoms with van der Waals surface area (Å²) < 4.78 is 13.7. The van der Waals surface area contributed by atoms with Crippen molar-refractivity contribution in [3.63, 3.8) is 0 Å². The van der Waals surface area contributed by atoms with Gasteiger partial charge in [-0.2, -0.15) is 9.78 Å².